The Morgan fingerprint density at radius 1 is 1.35 bits per heavy atom. The van der Waals surface area contributed by atoms with Crippen molar-refractivity contribution < 1.29 is 0 Å². The fourth-order valence-electron chi connectivity index (χ4n) is 2.31. The third kappa shape index (κ3) is 2.57. The van der Waals surface area contributed by atoms with Crippen LogP contribution in [-0.2, 0) is 13.5 Å². The SMILES string of the molecule is CCc1nn(C)c(Nc2ccc(C)c(N(C)C)c2)c1N. The summed E-state index contributed by atoms with van der Waals surface area (Å²) in [4.78, 5) is 2.10. The molecule has 0 unspecified atom stereocenters. The van der Waals surface area contributed by atoms with Crippen molar-refractivity contribution in [3.8, 4) is 0 Å². The van der Waals surface area contributed by atoms with Gasteiger partial charge in [-0.15, -0.1) is 0 Å². The van der Waals surface area contributed by atoms with Gasteiger partial charge in [0.25, 0.3) is 0 Å². The van der Waals surface area contributed by atoms with E-state index in [0.717, 1.165) is 29.3 Å². The van der Waals surface area contributed by atoms with Crippen molar-refractivity contribution in [1.82, 2.24) is 9.78 Å². The molecule has 0 aliphatic heterocycles. The van der Waals surface area contributed by atoms with Crippen LogP contribution in [-0.4, -0.2) is 23.9 Å². The first-order valence-electron chi connectivity index (χ1n) is 6.80. The van der Waals surface area contributed by atoms with E-state index in [2.05, 4.69) is 47.4 Å². The molecule has 0 fully saturated rings. The van der Waals surface area contributed by atoms with Crippen LogP contribution in [0.2, 0.25) is 0 Å². The van der Waals surface area contributed by atoms with Crippen LogP contribution in [0.3, 0.4) is 0 Å². The van der Waals surface area contributed by atoms with E-state index >= 15 is 0 Å². The van der Waals surface area contributed by atoms with Gasteiger partial charge in [-0.05, 0) is 31.0 Å². The number of hydrogen-bond acceptors (Lipinski definition) is 4. The van der Waals surface area contributed by atoms with Gasteiger partial charge in [-0.1, -0.05) is 13.0 Å². The Morgan fingerprint density at radius 3 is 2.60 bits per heavy atom. The molecule has 5 nitrogen and oxygen atoms in total. The molecule has 0 bridgehead atoms. The summed E-state index contributed by atoms with van der Waals surface area (Å²) in [5, 5.41) is 7.79. The summed E-state index contributed by atoms with van der Waals surface area (Å²) in [6.07, 6.45) is 0.832. The summed E-state index contributed by atoms with van der Waals surface area (Å²) in [6, 6.07) is 6.28. The van der Waals surface area contributed by atoms with Crippen LogP contribution in [0.4, 0.5) is 22.9 Å². The lowest BCUT2D eigenvalue weighted by atomic mass is 10.1. The molecular weight excluding hydrogens is 250 g/mol. The molecule has 108 valence electrons. The number of rotatable bonds is 4. The highest BCUT2D eigenvalue weighted by atomic mass is 15.3. The largest absolute Gasteiger partial charge is 0.394 e. The highest BCUT2D eigenvalue weighted by Gasteiger charge is 2.12. The summed E-state index contributed by atoms with van der Waals surface area (Å²) < 4.78 is 1.79. The highest BCUT2D eigenvalue weighted by molar-refractivity contribution is 5.73. The van der Waals surface area contributed by atoms with Gasteiger partial charge in [-0.2, -0.15) is 5.10 Å². The summed E-state index contributed by atoms with van der Waals surface area (Å²) >= 11 is 0. The number of benzene rings is 1. The Labute approximate surface area is 120 Å². The first-order chi connectivity index (χ1) is 9.43. The van der Waals surface area contributed by atoms with Crippen molar-refractivity contribution >= 4 is 22.9 Å². The smallest absolute Gasteiger partial charge is 0.152 e. The van der Waals surface area contributed by atoms with E-state index in [4.69, 9.17) is 5.73 Å². The van der Waals surface area contributed by atoms with Gasteiger partial charge in [0, 0.05) is 32.5 Å². The molecule has 1 aromatic heterocycles. The summed E-state index contributed by atoms with van der Waals surface area (Å²) in [5.41, 5.74) is 11.2. The lowest BCUT2D eigenvalue weighted by molar-refractivity contribution is 0.753. The average molecular weight is 273 g/mol. The Kier molecular flexibility index (Phi) is 3.88. The van der Waals surface area contributed by atoms with Crippen LogP contribution in [0.5, 0.6) is 0 Å². The molecule has 1 aromatic carbocycles. The Balaban J connectivity index is 2.35. The third-order valence-electron chi connectivity index (χ3n) is 3.45. The number of nitrogen functional groups attached to an aromatic ring is 1. The standard InChI is InChI=1S/C15H23N5/c1-6-12-14(16)15(20(5)18-12)17-11-8-7-10(2)13(9-11)19(3)4/h7-9,17H,6,16H2,1-5H3. The second kappa shape index (κ2) is 5.45. The normalized spacial score (nSPS) is 10.7. The molecule has 0 saturated heterocycles. The molecule has 0 aliphatic carbocycles. The average Bonchev–Trinajstić information content (AvgIpc) is 2.67. The number of hydrogen-bond donors (Lipinski definition) is 2. The number of aryl methyl sites for hydroxylation is 3. The van der Waals surface area contributed by atoms with Crippen molar-refractivity contribution in [2.75, 3.05) is 30.0 Å². The number of nitrogens with two attached hydrogens (primary N) is 1. The minimum Gasteiger partial charge on any atom is -0.394 e. The summed E-state index contributed by atoms with van der Waals surface area (Å²) in [5.74, 6) is 0.843. The maximum atomic E-state index is 6.13. The van der Waals surface area contributed by atoms with E-state index in [9.17, 15) is 0 Å². The predicted octanol–water partition coefficient (Wildman–Crippen LogP) is 2.68. The fraction of sp³-hybridized carbons (Fsp3) is 0.400. The van der Waals surface area contributed by atoms with Crippen molar-refractivity contribution in [3.63, 3.8) is 0 Å². The van der Waals surface area contributed by atoms with Crippen LogP contribution in [0, 0.1) is 6.92 Å². The van der Waals surface area contributed by atoms with Gasteiger partial charge >= 0.3 is 0 Å². The first kappa shape index (κ1) is 14.2. The predicted molar refractivity (Wildman–Crippen MR) is 85.8 cm³/mol. The van der Waals surface area contributed by atoms with Crippen LogP contribution in [0.25, 0.3) is 0 Å². The molecule has 2 rings (SSSR count). The van der Waals surface area contributed by atoms with Gasteiger partial charge in [0.2, 0.25) is 0 Å². The Hall–Kier alpha value is -2.17. The molecule has 20 heavy (non-hydrogen) atoms. The highest BCUT2D eigenvalue weighted by Crippen LogP contribution is 2.29. The van der Waals surface area contributed by atoms with E-state index in [0.29, 0.717) is 0 Å². The zero-order valence-corrected chi connectivity index (χ0v) is 12.9. The summed E-state index contributed by atoms with van der Waals surface area (Å²) in [7, 11) is 5.98. The second-order valence-corrected chi connectivity index (χ2v) is 5.21. The van der Waals surface area contributed by atoms with E-state index in [1.165, 1.54) is 11.3 Å². The van der Waals surface area contributed by atoms with Crippen LogP contribution in [0.1, 0.15) is 18.2 Å². The van der Waals surface area contributed by atoms with Gasteiger partial charge in [0.05, 0.1) is 11.4 Å². The van der Waals surface area contributed by atoms with Gasteiger partial charge in [-0.3, -0.25) is 4.68 Å². The van der Waals surface area contributed by atoms with Crippen LogP contribution < -0.4 is 16.0 Å². The van der Waals surface area contributed by atoms with Gasteiger partial charge in [0.15, 0.2) is 5.82 Å². The lowest BCUT2D eigenvalue weighted by Gasteiger charge is -2.17. The zero-order valence-electron chi connectivity index (χ0n) is 12.9. The van der Waals surface area contributed by atoms with Crippen LogP contribution in [0.15, 0.2) is 18.2 Å². The number of nitrogens with one attached hydrogen (secondary N) is 1. The van der Waals surface area contributed by atoms with Gasteiger partial charge < -0.3 is 16.0 Å². The van der Waals surface area contributed by atoms with E-state index < -0.39 is 0 Å². The Morgan fingerprint density at radius 2 is 2.05 bits per heavy atom. The molecule has 1 heterocycles. The quantitative estimate of drug-likeness (QED) is 0.899. The number of nitrogens with zero attached hydrogens (tertiary/aromatic N) is 3. The minimum absolute atomic E-state index is 0.724. The van der Waals surface area contributed by atoms with E-state index in [1.807, 2.05) is 21.1 Å². The number of anilines is 4. The first-order valence-corrected chi connectivity index (χ1v) is 6.80. The molecule has 0 aliphatic rings. The van der Waals surface area contributed by atoms with Crippen molar-refractivity contribution in [3.05, 3.63) is 29.5 Å². The Bertz CT molecular complexity index is 613. The maximum absolute atomic E-state index is 6.13. The fourth-order valence-corrected chi connectivity index (χ4v) is 2.31. The molecule has 0 amide bonds. The topological polar surface area (TPSA) is 59.1 Å². The van der Waals surface area contributed by atoms with E-state index in [-0.39, 0.29) is 0 Å². The van der Waals surface area contributed by atoms with E-state index in [1.54, 1.807) is 4.68 Å². The van der Waals surface area contributed by atoms with Gasteiger partial charge in [0.1, 0.15) is 0 Å². The molecule has 0 radical (unpaired) electrons. The summed E-state index contributed by atoms with van der Waals surface area (Å²) in [6.45, 7) is 4.16. The van der Waals surface area contributed by atoms with Crippen LogP contribution >= 0.6 is 0 Å². The number of aromatic nitrogens is 2. The maximum Gasteiger partial charge on any atom is 0.152 e. The molecular formula is C15H23N5. The van der Waals surface area contributed by atoms with Gasteiger partial charge in [-0.25, -0.2) is 0 Å². The third-order valence-corrected chi connectivity index (χ3v) is 3.45. The molecule has 0 atom stereocenters. The molecule has 5 heteroatoms. The molecule has 2 aromatic rings. The lowest BCUT2D eigenvalue weighted by Crippen LogP contribution is -2.10. The van der Waals surface area contributed by atoms with Crippen molar-refractivity contribution in [2.45, 2.75) is 20.3 Å². The zero-order chi connectivity index (χ0) is 14.9. The molecule has 0 spiro atoms. The second-order valence-electron chi connectivity index (χ2n) is 5.21. The minimum atomic E-state index is 0.724. The molecule has 3 N–H and O–H groups in total. The monoisotopic (exact) mass is 273 g/mol. The molecule has 0 saturated carbocycles. The van der Waals surface area contributed by atoms with Crippen molar-refractivity contribution in [2.24, 2.45) is 7.05 Å². The van der Waals surface area contributed by atoms with Crippen molar-refractivity contribution in [1.29, 1.82) is 0 Å².